The predicted octanol–water partition coefficient (Wildman–Crippen LogP) is 8.01. The molecule has 1 amide bonds. The van der Waals surface area contributed by atoms with E-state index in [4.69, 9.17) is 9.47 Å². The van der Waals surface area contributed by atoms with Crippen molar-refractivity contribution in [2.24, 2.45) is 17.0 Å². The summed E-state index contributed by atoms with van der Waals surface area (Å²) in [6.07, 6.45) is 9.40. The van der Waals surface area contributed by atoms with Crippen LogP contribution in [-0.2, 0) is 17.8 Å². The number of aromatic nitrogens is 1. The molecule has 7 nitrogen and oxygen atoms in total. The number of aryl methyl sites for hydroxylation is 1. The zero-order valence-corrected chi connectivity index (χ0v) is 25.8. The third kappa shape index (κ3) is 6.23. The van der Waals surface area contributed by atoms with Gasteiger partial charge in [-0.2, -0.15) is 0 Å². The highest BCUT2D eigenvalue weighted by atomic mass is 16.5. The molecule has 7 heteroatoms. The number of carbonyl (C=O) groups excluding carboxylic acids is 1. The fraction of sp³-hybridized carbons (Fsp3) is 0.500. The van der Waals surface area contributed by atoms with E-state index in [-0.39, 0.29) is 17.6 Å². The molecule has 0 radical (unpaired) electrons. The second kappa shape index (κ2) is 12.2. The van der Waals surface area contributed by atoms with Gasteiger partial charge in [0, 0.05) is 35.4 Å². The predicted molar refractivity (Wildman–Crippen MR) is 168 cm³/mol. The van der Waals surface area contributed by atoms with Crippen LogP contribution in [0.25, 0.3) is 11.1 Å². The van der Waals surface area contributed by atoms with E-state index in [1.165, 1.54) is 36.0 Å². The summed E-state index contributed by atoms with van der Waals surface area (Å²) in [7, 11) is 1.65. The summed E-state index contributed by atoms with van der Waals surface area (Å²) in [5, 5.41) is 2.76. The summed E-state index contributed by atoms with van der Waals surface area (Å²) < 4.78 is 12.2. The largest absolute Gasteiger partial charge is 0.485 e. The van der Waals surface area contributed by atoms with Crippen molar-refractivity contribution in [1.29, 1.82) is 0 Å². The SMILES string of the molecule is COc1cc(-c2ccc(C3CCc4ccc(C(C5CC5)[C@H](C)C(=O)N=O)cc4O3)c(CN3CCCCC3(C)C)c2)ccn1. The van der Waals surface area contributed by atoms with E-state index in [9.17, 15) is 9.70 Å². The number of carbonyl (C=O) groups is 1. The lowest BCUT2D eigenvalue weighted by atomic mass is 9.82. The fourth-order valence-electron chi connectivity index (χ4n) is 7.23. The molecule has 2 aromatic carbocycles. The quantitative estimate of drug-likeness (QED) is 0.238. The molecular weight excluding hydrogens is 538 g/mol. The first kappa shape index (κ1) is 29.5. The monoisotopic (exact) mass is 581 g/mol. The zero-order valence-electron chi connectivity index (χ0n) is 25.8. The van der Waals surface area contributed by atoms with E-state index < -0.39 is 11.8 Å². The average molecular weight is 582 g/mol. The first-order valence-corrected chi connectivity index (χ1v) is 15.8. The second-order valence-corrected chi connectivity index (χ2v) is 13.3. The van der Waals surface area contributed by atoms with Gasteiger partial charge >= 0.3 is 0 Å². The Morgan fingerprint density at radius 1 is 1.09 bits per heavy atom. The summed E-state index contributed by atoms with van der Waals surface area (Å²) in [6.45, 7) is 8.52. The Bertz CT molecular complexity index is 1500. The van der Waals surface area contributed by atoms with Crippen LogP contribution in [0.1, 0.15) is 93.6 Å². The number of likely N-dealkylation sites (tertiary alicyclic amines) is 1. The smallest absolute Gasteiger partial charge is 0.289 e. The highest BCUT2D eigenvalue weighted by Gasteiger charge is 2.40. The lowest BCUT2D eigenvalue weighted by molar-refractivity contribution is -0.122. The minimum atomic E-state index is -0.564. The highest BCUT2D eigenvalue weighted by molar-refractivity contribution is 5.80. The maximum atomic E-state index is 12.3. The number of hydrogen-bond acceptors (Lipinski definition) is 6. The molecular formula is C36H43N3O4. The van der Waals surface area contributed by atoms with Gasteiger partial charge in [-0.05, 0) is 122 Å². The third-order valence-corrected chi connectivity index (χ3v) is 10.0. The maximum Gasteiger partial charge on any atom is 0.289 e. The highest BCUT2D eigenvalue weighted by Crippen LogP contribution is 2.49. The van der Waals surface area contributed by atoms with Crippen LogP contribution in [0.2, 0.25) is 0 Å². The van der Waals surface area contributed by atoms with Crippen LogP contribution in [0.5, 0.6) is 11.6 Å². The molecule has 3 aliphatic rings. The summed E-state index contributed by atoms with van der Waals surface area (Å²) in [5.74, 6) is 0.912. The molecule has 1 aromatic heterocycles. The van der Waals surface area contributed by atoms with Gasteiger partial charge in [-0.3, -0.25) is 9.69 Å². The van der Waals surface area contributed by atoms with E-state index >= 15 is 0 Å². The van der Waals surface area contributed by atoms with E-state index in [0.717, 1.165) is 61.2 Å². The molecule has 3 atom stereocenters. The molecule has 226 valence electrons. The molecule has 3 heterocycles. The molecule has 6 rings (SSSR count). The topological polar surface area (TPSA) is 81.1 Å². The van der Waals surface area contributed by atoms with Crippen LogP contribution >= 0.6 is 0 Å². The van der Waals surface area contributed by atoms with Gasteiger partial charge in [0.2, 0.25) is 5.88 Å². The molecule has 2 unspecified atom stereocenters. The number of benzene rings is 2. The van der Waals surface area contributed by atoms with Crippen molar-refractivity contribution in [1.82, 2.24) is 9.88 Å². The normalized spacial score (nSPS) is 21.3. The average Bonchev–Trinajstić information content (AvgIpc) is 3.86. The zero-order chi connectivity index (χ0) is 30.1. The van der Waals surface area contributed by atoms with Crippen molar-refractivity contribution >= 4 is 5.91 Å². The number of fused-ring (bicyclic) bond motifs is 1. The Kier molecular flexibility index (Phi) is 8.36. The van der Waals surface area contributed by atoms with E-state index in [1.807, 2.05) is 19.1 Å². The molecule has 1 aliphatic carbocycles. The number of methoxy groups -OCH3 is 1. The number of ether oxygens (including phenoxy) is 2. The number of hydrogen-bond donors (Lipinski definition) is 0. The van der Waals surface area contributed by atoms with Gasteiger partial charge < -0.3 is 9.47 Å². The Balaban J connectivity index is 1.33. The van der Waals surface area contributed by atoms with Gasteiger partial charge in [0.25, 0.3) is 5.91 Å². The third-order valence-electron chi connectivity index (χ3n) is 10.0. The van der Waals surface area contributed by atoms with E-state index in [1.54, 1.807) is 13.3 Å². The van der Waals surface area contributed by atoms with Gasteiger partial charge in [0.05, 0.1) is 7.11 Å². The van der Waals surface area contributed by atoms with Gasteiger partial charge in [0.15, 0.2) is 0 Å². The van der Waals surface area contributed by atoms with Gasteiger partial charge in [-0.1, -0.05) is 37.6 Å². The van der Waals surface area contributed by atoms with Crippen LogP contribution in [0, 0.1) is 16.7 Å². The van der Waals surface area contributed by atoms with Crippen LogP contribution in [-0.4, -0.2) is 35.0 Å². The molecule has 0 N–H and O–H groups in total. The van der Waals surface area contributed by atoms with Crippen LogP contribution in [0.4, 0.5) is 0 Å². The number of nitroso groups, excluding NO2 is 1. The van der Waals surface area contributed by atoms with Crippen molar-refractivity contribution in [2.75, 3.05) is 13.7 Å². The number of pyridine rings is 1. The molecule has 2 fully saturated rings. The van der Waals surface area contributed by atoms with Crippen molar-refractivity contribution in [3.8, 4) is 22.8 Å². The van der Waals surface area contributed by atoms with E-state index in [2.05, 4.69) is 65.3 Å². The van der Waals surface area contributed by atoms with E-state index in [0.29, 0.717) is 11.8 Å². The molecule has 1 saturated heterocycles. The molecule has 2 aliphatic heterocycles. The molecule has 0 bridgehead atoms. The second-order valence-electron chi connectivity index (χ2n) is 13.3. The van der Waals surface area contributed by atoms with Crippen molar-refractivity contribution in [3.05, 3.63) is 81.9 Å². The summed E-state index contributed by atoms with van der Waals surface area (Å²) in [4.78, 5) is 30.3. The van der Waals surface area contributed by atoms with Crippen LogP contribution in [0.15, 0.2) is 59.9 Å². The molecule has 3 aromatic rings. The minimum absolute atomic E-state index is 0.00647. The lowest BCUT2D eigenvalue weighted by Crippen LogP contribution is -2.46. The summed E-state index contributed by atoms with van der Waals surface area (Å²) >= 11 is 0. The number of piperidine rings is 1. The van der Waals surface area contributed by atoms with Crippen molar-refractivity contribution in [2.45, 2.75) is 89.8 Å². The first-order chi connectivity index (χ1) is 20.8. The Morgan fingerprint density at radius 3 is 2.65 bits per heavy atom. The number of amides is 1. The standard InChI is InChI=1S/C36H43N3O4/c1-23(35(40)38-41)34(25-8-9-25)28-10-7-24-12-14-31(43-32(24)20-28)30-13-11-26(27-15-17-37-33(21-27)42-4)19-29(30)22-39-18-6-5-16-36(39,2)3/h7,10-11,13,15,17,19-21,23,25,31,34H,5-6,8-9,12,14,16,18,22H2,1-4H3/t23-,31?,34?/m0/s1. The summed E-state index contributed by atoms with van der Waals surface area (Å²) in [6, 6.07) is 17.2. The number of rotatable bonds is 9. The maximum absolute atomic E-state index is 12.3. The van der Waals surface area contributed by atoms with Gasteiger partial charge in [-0.25, -0.2) is 4.98 Å². The fourth-order valence-corrected chi connectivity index (χ4v) is 7.23. The Labute approximate surface area is 255 Å². The molecule has 1 saturated carbocycles. The van der Waals surface area contributed by atoms with Crippen LogP contribution < -0.4 is 9.47 Å². The summed E-state index contributed by atoms with van der Waals surface area (Å²) in [5.41, 5.74) is 7.15. The lowest BCUT2D eigenvalue weighted by Gasteiger charge is -2.43. The van der Waals surface area contributed by atoms with Crippen molar-refractivity contribution in [3.63, 3.8) is 0 Å². The van der Waals surface area contributed by atoms with Crippen molar-refractivity contribution < 1.29 is 14.3 Å². The number of nitrogens with zero attached hydrogens (tertiary/aromatic N) is 3. The Hall–Kier alpha value is -3.58. The van der Waals surface area contributed by atoms with Gasteiger partial charge in [0.1, 0.15) is 11.9 Å². The first-order valence-electron chi connectivity index (χ1n) is 15.8. The Morgan fingerprint density at radius 2 is 1.91 bits per heavy atom. The van der Waals surface area contributed by atoms with Crippen LogP contribution in [0.3, 0.4) is 0 Å². The molecule has 0 spiro atoms. The minimum Gasteiger partial charge on any atom is -0.485 e. The molecule has 43 heavy (non-hydrogen) atoms. The van der Waals surface area contributed by atoms with Gasteiger partial charge in [-0.15, -0.1) is 4.91 Å².